The number of carboxylic acid groups (broad SMARTS) is 1. The first-order valence-electron chi connectivity index (χ1n) is 6.91. The number of para-hydroxylation sites is 1. The van der Waals surface area contributed by atoms with E-state index in [1.165, 1.54) is 0 Å². The maximum absolute atomic E-state index is 11.2. The Morgan fingerprint density at radius 2 is 2.10 bits per heavy atom. The lowest BCUT2D eigenvalue weighted by Gasteiger charge is -2.17. The zero-order valence-corrected chi connectivity index (χ0v) is 12.5. The zero-order chi connectivity index (χ0) is 15.4. The fourth-order valence-corrected chi connectivity index (χ4v) is 2.25. The fourth-order valence-electron chi connectivity index (χ4n) is 2.25. The number of methoxy groups -OCH3 is 1. The van der Waals surface area contributed by atoms with E-state index in [0.29, 0.717) is 12.3 Å². The summed E-state index contributed by atoms with van der Waals surface area (Å²) in [4.78, 5) is 15.7. The summed E-state index contributed by atoms with van der Waals surface area (Å²) in [5.74, 6) is -0.117. The summed E-state index contributed by atoms with van der Waals surface area (Å²) in [5, 5.41) is 13.2. The van der Waals surface area contributed by atoms with Crippen LogP contribution in [0.2, 0.25) is 0 Å². The van der Waals surface area contributed by atoms with Gasteiger partial charge < -0.3 is 9.84 Å². The number of fused-ring (bicyclic) bond motifs is 1. The Labute approximate surface area is 124 Å². The van der Waals surface area contributed by atoms with Gasteiger partial charge in [-0.25, -0.2) is 4.98 Å². The van der Waals surface area contributed by atoms with Crippen molar-refractivity contribution >= 4 is 16.9 Å². The number of nitrogens with zero attached hydrogens (tertiary/aromatic N) is 1. The van der Waals surface area contributed by atoms with E-state index < -0.39 is 12.0 Å². The summed E-state index contributed by atoms with van der Waals surface area (Å²) in [7, 11) is 1.61. The number of benzene rings is 1. The molecular formula is C16H20N2O3. The molecule has 1 aromatic heterocycles. The molecule has 0 bridgehead atoms. The summed E-state index contributed by atoms with van der Waals surface area (Å²) in [6, 6.07) is 9.03. The molecule has 5 nitrogen and oxygen atoms in total. The molecule has 1 aromatic carbocycles. The maximum atomic E-state index is 11.2. The number of carbonyl (C=O) groups is 1. The van der Waals surface area contributed by atoms with Gasteiger partial charge in [0.05, 0.1) is 12.8 Å². The van der Waals surface area contributed by atoms with Crippen LogP contribution in [-0.2, 0) is 11.3 Å². The lowest BCUT2D eigenvalue weighted by Crippen LogP contribution is -2.40. The zero-order valence-electron chi connectivity index (χ0n) is 12.5. The Balaban J connectivity index is 2.21. The SMILES string of the molecule is COc1cccc2ccc(CNC(C(=O)O)C(C)C)nc12. The van der Waals surface area contributed by atoms with Crippen molar-refractivity contribution in [2.45, 2.75) is 26.4 Å². The Morgan fingerprint density at radius 1 is 1.33 bits per heavy atom. The second kappa shape index (κ2) is 6.54. The maximum Gasteiger partial charge on any atom is 0.320 e. The van der Waals surface area contributed by atoms with Crippen LogP contribution < -0.4 is 10.1 Å². The summed E-state index contributed by atoms with van der Waals surface area (Å²) in [5.41, 5.74) is 1.58. The summed E-state index contributed by atoms with van der Waals surface area (Å²) < 4.78 is 5.31. The van der Waals surface area contributed by atoms with Crippen molar-refractivity contribution in [3.63, 3.8) is 0 Å². The predicted molar refractivity (Wildman–Crippen MR) is 81.4 cm³/mol. The summed E-state index contributed by atoms with van der Waals surface area (Å²) in [6.07, 6.45) is 0. The molecular weight excluding hydrogens is 268 g/mol. The van der Waals surface area contributed by atoms with Crippen molar-refractivity contribution in [2.75, 3.05) is 7.11 Å². The first-order valence-corrected chi connectivity index (χ1v) is 6.91. The standard InChI is InChI=1S/C16H20N2O3/c1-10(2)14(16(19)20)17-9-12-8-7-11-5-4-6-13(21-3)15(11)18-12/h4-8,10,14,17H,9H2,1-3H3,(H,19,20). The monoisotopic (exact) mass is 288 g/mol. The molecule has 0 aliphatic heterocycles. The molecule has 0 amide bonds. The van der Waals surface area contributed by atoms with Crippen LogP contribution in [0.3, 0.4) is 0 Å². The van der Waals surface area contributed by atoms with Crippen molar-refractivity contribution in [3.05, 3.63) is 36.0 Å². The van der Waals surface area contributed by atoms with Crippen LogP contribution in [0.25, 0.3) is 10.9 Å². The highest BCUT2D eigenvalue weighted by atomic mass is 16.5. The molecule has 2 N–H and O–H groups in total. The lowest BCUT2D eigenvalue weighted by atomic mass is 10.0. The largest absolute Gasteiger partial charge is 0.494 e. The fraction of sp³-hybridized carbons (Fsp3) is 0.375. The van der Waals surface area contributed by atoms with Gasteiger partial charge in [0.2, 0.25) is 0 Å². The molecule has 1 heterocycles. The van der Waals surface area contributed by atoms with Crippen LogP contribution in [0.4, 0.5) is 0 Å². The van der Waals surface area contributed by atoms with Gasteiger partial charge in [-0.15, -0.1) is 0 Å². The number of nitrogens with one attached hydrogen (secondary N) is 1. The van der Waals surface area contributed by atoms with Crippen molar-refractivity contribution in [1.82, 2.24) is 10.3 Å². The molecule has 0 aliphatic rings. The van der Waals surface area contributed by atoms with Gasteiger partial charge in [-0.3, -0.25) is 10.1 Å². The van der Waals surface area contributed by atoms with Gasteiger partial charge in [0.15, 0.2) is 0 Å². The van der Waals surface area contributed by atoms with Gasteiger partial charge in [0.1, 0.15) is 17.3 Å². The molecule has 0 spiro atoms. The minimum atomic E-state index is -0.844. The second-order valence-corrected chi connectivity index (χ2v) is 5.28. The normalized spacial score (nSPS) is 12.6. The van der Waals surface area contributed by atoms with E-state index in [1.54, 1.807) is 7.11 Å². The third kappa shape index (κ3) is 3.49. The van der Waals surface area contributed by atoms with Gasteiger partial charge in [-0.2, -0.15) is 0 Å². The smallest absolute Gasteiger partial charge is 0.320 e. The van der Waals surface area contributed by atoms with Gasteiger partial charge in [-0.1, -0.05) is 32.0 Å². The van der Waals surface area contributed by atoms with E-state index in [9.17, 15) is 9.90 Å². The number of carboxylic acids is 1. The highest BCUT2D eigenvalue weighted by Crippen LogP contribution is 2.23. The third-order valence-corrected chi connectivity index (χ3v) is 3.40. The molecule has 1 unspecified atom stereocenters. The molecule has 0 saturated heterocycles. The lowest BCUT2D eigenvalue weighted by molar-refractivity contribution is -0.140. The molecule has 0 saturated carbocycles. The molecule has 2 aromatic rings. The predicted octanol–water partition coefficient (Wildman–Crippen LogP) is 2.44. The third-order valence-electron chi connectivity index (χ3n) is 3.40. The van der Waals surface area contributed by atoms with E-state index in [-0.39, 0.29) is 5.92 Å². The molecule has 1 atom stereocenters. The van der Waals surface area contributed by atoms with E-state index in [1.807, 2.05) is 44.2 Å². The first-order chi connectivity index (χ1) is 10.0. The molecule has 21 heavy (non-hydrogen) atoms. The van der Waals surface area contributed by atoms with E-state index in [0.717, 1.165) is 16.6 Å². The topological polar surface area (TPSA) is 71.5 Å². The van der Waals surface area contributed by atoms with Crippen LogP contribution in [0.15, 0.2) is 30.3 Å². The Bertz CT molecular complexity index is 640. The minimum absolute atomic E-state index is 0.0116. The molecule has 112 valence electrons. The van der Waals surface area contributed by atoms with Gasteiger partial charge in [0, 0.05) is 11.9 Å². The van der Waals surface area contributed by atoms with Gasteiger partial charge >= 0.3 is 5.97 Å². The first kappa shape index (κ1) is 15.3. The van der Waals surface area contributed by atoms with Crippen molar-refractivity contribution in [1.29, 1.82) is 0 Å². The Morgan fingerprint density at radius 3 is 2.71 bits per heavy atom. The number of ether oxygens (including phenoxy) is 1. The highest BCUT2D eigenvalue weighted by molar-refractivity contribution is 5.84. The quantitative estimate of drug-likeness (QED) is 0.854. The van der Waals surface area contributed by atoms with Gasteiger partial charge in [0.25, 0.3) is 0 Å². The number of aromatic nitrogens is 1. The number of hydrogen-bond donors (Lipinski definition) is 2. The van der Waals surface area contributed by atoms with Crippen LogP contribution in [0.5, 0.6) is 5.75 Å². The number of hydrogen-bond acceptors (Lipinski definition) is 4. The highest BCUT2D eigenvalue weighted by Gasteiger charge is 2.20. The van der Waals surface area contributed by atoms with Crippen molar-refractivity contribution in [3.8, 4) is 5.75 Å². The minimum Gasteiger partial charge on any atom is -0.494 e. The summed E-state index contributed by atoms with van der Waals surface area (Å²) >= 11 is 0. The van der Waals surface area contributed by atoms with Crippen molar-refractivity contribution in [2.24, 2.45) is 5.92 Å². The Hall–Kier alpha value is -2.14. The molecule has 2 rings (SSSR count). The van der Waals surface area contributed by atoms with E-state index in [2.05, 4.69) is 10.3 Å². The van der Waals surface area contributed by atoms with Crippen LogP contribution >= 0.6 is 0 Å². The Kier molecular flexibility index (Phi) is 4.75. The van der Waals surface area contributed by atoms with Gasteiger partial charge in [-0.05, 0) is 18.1 Å². The number of rotatable bonds is 6. The number of aliphatic carboxylic acids is 1. The van der Waals surface area contributed by atoms with E-state index in [4.69, 9.17) is 4.74 Å². The molecule has 0 radical (unpaired) electrons. The molecule has 0 fully saturated rings. The van der Waals surface area contributed by atoms with Crippen LogP contribution in [-0.4, -0.2) is 29.2 Å². The van der Waals surface area contributed by atoms with Crippen LogP contribution in [0.1, 0.15) is 19.5 Å². The average molecular weight is 288 g/mol. The molecule has 0 aliphatic carbocycles. The summed E-state index contributed by atoms with van der Waals surface area (Å²) in [6.45, 7) is 4.16. The number of pyridine rings is 1. The van der Waals surface area contributed by atoms with Crippen molar-refractivity contribution < 1.29 is 14.6 Å². The molecule has 5 heteroatoms. The second-order valence-electron chi connectivity index (χ2n) is 5.28. The van der Waals surface area contributed by atoms with Crippen LogP contribution in [0, 0.1) is 5.92 Å². The average Bonchev–Trinajstić information content (AvgIpc) is 2.46. The van der Waals surface area contributed by atoms with E-state index >= 15 is 0 Å².